The Bertz CT molecular complexity index is 2110. The molecule has 0 aliphatic heterocycles. The zero-order chi connectivity index (χ0) is 47.4. The van der Waals surface area contributed by atoms with Gasteiger partial charge in [-0.05, 0) is 41.7 Å². The van der Waals surface area contributed by atoms with Gasteiger partial charge in [-0.1, -0.05) is 127 Å². The van der Waals surface area contributed by atoms with Gasteiger partial charge in [0.1, 0.15) is 0 Å². The number of rotatable bonds is 28. The minimum absolute atomic E-state index is 0.00129. The predicted octanol–water partition coefficient (Wildman–Crippen LogP) is 6.58. The summed E-state index contributed by atoms with van der Waals surface area (Å²) < 4.78 is 30.0. The molecule has 16 heteroatoms. The van der Waals surface area contributed by atoms with Crippen LogP contribution < -0.4 is 0 Å². The van der Waals surface area contributed by atoms with Gasteiger partial charge in [-0.15, -0.1) is 20.6 Å². The van der Waals surface area contributed by atoms with E-state index in [0.717, 1.165) is 16.7 Å². The molecule has 66 heavy (non-hydrogen) atoms. The average Bonchev–Trinajstić information content (AvgIpc) is 3.34. The van der Waals surface area contributed by atoms with E-state index in [1.165, 1.54) is 38.5 Å². The number of aliphatic hydroxyl groups is 4. The van der Waals surface area contributed by atoms with Crippen LogP contribution >= 0.6 is 20.6 Å². The third kappa shape index (κ3) is 13.1. The number of hydrogen-bond donors (Lipinski definition) is 4. The number of benzene rings is 5. The van der Waals surface area contributed by atoms with E-state index in [2.05, 4.69) is 36.4 Å². The van der Waals surface area contributed by atoms with E-state index in [9.17, 15) is 39.6 Å². The van der Waals surface area contributed by atoms with Gasteiger partial charge < -0.3 is 42.8 Å². The first-order valence-corrected chi connectivity index (χ1v) is 25.7. The van der Waals surface area contributed by atoms with Crippen molar-refractivity contribution in [2.45, 2.75) is 18.3 Å². The zero-order valence-electron chi connectivity index (χ0n) is 37.3. The molecule has 0 amide bonds. The molecule has 0 unspecified atom stereocenters. The number of ether oxygens (including phenoxy) is 2. The number of esters is 2. The number of hydrogen-bond acceptors (Lipinski definition) is 13. The van der Waals surface area contributed by atoms with Crippen molar-refractivity contribution < 1.29 is 61.9 Å². The van der Waals surface area contributed by atoms with E-state index in [1.54, 1.807) is 24.3 Å². The second-order valence-electron chi connectivity index (χ2n) is 15.3. The van der Waals surface area contributed by atoms with Gasteiger partial charge in [-0.2, -0.15) is 0 Å². The molecule has 0 aliphatic rings. The third-order valence-electron chi connectivity index (χ3n) is 11.2. The first kappa shape index (κ1) is 51.8. The SMILES string of the molecule is COC(=O)c1ccccc1C(=O)CS(CCO)(CCO)OB(OCCCC(c1ccccc1)(c1ccccc1)c1ccccc1)OS(CCO)(CCO)CC(=O)c1ccccc1C(=O)OC. The van der Waals surface area contributed by atoms with Crippen LogP contribution in [0.3, 0.4) is 0 Å². The minimum atomic E-state index is -2.90. The maximum absolute atomic E-state index is 14.3. The Balaban J connectivity index is 1.57. The molecule has 5 aromatic rings. The summed E-state index contributed by atoms with van der Waals surface area (Å²) in [5.41, 5.74) is 2.64. The highest BCUT2D eigenvalue weighted by molar-refractivity contribution is 8.32. The summed E-state index contributed by atoms with van der Waals surface area (Å²) in [7, 11) is -5.06. The summed E-state index contributed by atoms with van der Waals surface area (Å²) in [5.74, 6) is -3.72. The molecule has 0 saturated heterocycles. The van der Waals surface area contributed by atoms with Crippen LogP contribution in [0, 0.1) is 0 Å². The second kappa shape index (κ2) is 25.7. The van der Waals surface area contributed by atoms with Crippen molar-refractivity contribution in [3.63, 3.8) is 0 Å². The minimum Gasteiger partial charge on any atom is -0.465 e. The molecule has 4 N–H and O–H groups in total. The quantitative estimate of drug-likeness (QED) is 0.0138. The monoisotopic (exact) mass is 942 g/mol. The van der Waals surface area contributed by atoms with Crippen molar-refractivity contribution >= 4 is 51.4 Å². The van der Waals surface area contributed by atoms with Crippen LogP contribution in [0.5, 0.6) is 0 Å². The van der Waals surface area contributed by atoms with Crippen molar-refractivity contribution in [2.24, 2.45) is 0 Å². The molecule has 5 aromatic carbocycles. The lowest BCUT2D eigenvalue weighted by molar-refractivity contribution is 0.0589. The molecule has 0 spiro atoms. The molecular formula is C50H59BO13S2. The second-order valence-corrected chi connectivity index (χ2v) is 21.8. The summed E-state index contributed by atoms with van der Waals surface area (Å²) in [4.78, 5) is 54.0. The lowest BCUT2D eigenvalue weighted by atomic mass is 9.67. The Hall–Kier alpha value is -5.14. The molecule has 0 fully saturated rings. The van der Waals surface area contributed by atoms with E-state index in [4.69, 9.17) is 22.3 Å². The lowest BCUT2D eigenvalue weighted by Crippen LogP contribution is -2.39. The Morgan fingerprint density at radius 2 is 0.803 bits per heavy atom. The van der Waals surface area contributed by atoms with Gasteiger partial charge in [-0.3, -0.25) is 9.59 Å². The fourth-order valence-corrected chi connectivity index (χ4v) is 13.1. The van der Waals surface area contributed by atoms with Crippen LogP contribution in [0.25, 0.3) is 0 Å². The largest absolute Gasteiger partial charge is 0.660 e. The number of carbonyl (C=O) groups excluding carboxylic acids is 4. The first-order valence-electron chi connectivity index (χ1n) is 21.6. The Morgan fingerprint density at radius 3 is 1.12 bits per heavy atom. The highest BCUT2D eigenvalue weighted by atomic mass is 32.3. The molecule has 0 bridgehead atoms. The first-order chi connectivity index (χ1) is 32.0. The summed E-state index contributed by atoms with van der Waals surface area (Å²) in [6.07, 6.45) is 0.934. The molecule has 0 radical (unpaired) electrons. The lowest BCUT2D eigenvalue weighted by Gasteiger charge is -2.44. The van der Waals surface area contributed by atoms with E-state index < -0.39 is 83.3 Å². The Morgan fingerprint density at radius 1 is 0.485 bits per heavy atom. The van der Waals surface area contributed by atoms with Crippen LogP contribution in [0.2, 0.25) is 0 Å². The molecule has 352 valence electrons. The molecule has 0 aromatic heterocycles. The van der Waals surface area contributed by atoms with E-state index in [0.29, 0.717) is 12.8 Å². The van der Waals surface area contributed by atoms with Crippen molar-refractivity contribution in [3.05, 3.63) is 178 Å². The molecule has 0 atom stereocenters. The fraction of sp³-hybridized carbons (Fsp3) is 0.320. The van der Waals surface area contributed by atoms with Gasteiger partial charge in [0, 0.05) is 46.2 Å². The summed E-state index contributed by atoms with van der Waals surface area (Å²) in [5, 5.41) is 42.1. The number of carbonyl (C=O) groups is 4. The molecule has 13 nitrogen and oxygen atoms in total. The molecule has 0 heterocycles. The molecule has 0 saturated carbocycles. The van der Waals surface area contributed by atoms with E-state index in [-0.39, 0.29) is 63.4 Å². The van der Waals surface area contributed by atoms with Gasteiger partial charge in [-0.25, -0.2) is 9.59 Å². The molecule has 0 aliphatic carbocycles. The molecule has 5 rings (SSSR count). The van der Waals surface area contributed by atoms with Crippen LogP contribution in [-0.2, 0) is 27.7 Å². The highest BCUT2D eigenvalue weighted by Gasteiger charge is 2.43. The Kier molecular flexibility index (Phi) is 20.2. The number of methoxy groups -OCH3 is 2. The maximum Gasteiger partial charge on any atom is 0.660 e. The van der Waals surface area contributed by atoms with E-state index in [1.807, 2.05) is 54.6 Å². The summed E-state index contributed by atoms with van der Waals surface area (Å²) >= 11 is 0. The third-order valence-corrected chi connectivity index (χ3v) is 17.6. The van der Waals surface area contributed by atoms with Crippen molar-refractivity contribution in [1.29, 1.82) is 0 Å². The average molecular weight is 943 g/mol. The van der Waals surface area contributed by atoms with Crippen LogP contribution in [0.4, 0.5) is 0 Å². The highest BCUT2D eigenvalue weighted by Crippen LogP contribution is 2.55. The van der Waals surface area contributed by atoms with Crippen molar-refractivity contribution in [2.75, 3.05) is 81.8 Å². The van der Waals surface area contributed by atoms with Crippen molar-refractivity contribution in [1.82, 2.24) is 0 Å². The van der Waals surface area contributed by atoms with Gasteiger partial charge in [0.2, 0.25) is 0 Å². The topological polar surface area (TPSA) is 195 Å². The predicted molar refractivity (Wildman–Crippen MR) is 259 cm³/mol. The summed E-state index contributed by atoms with van der Waals surface area (Å²) in [6, 6.07) is 42.7. The maximum atomic E-state index is 14.3. The number of ketones is 2. The van der Waals surface area contributed by atoms with Crippen molar-refractivity contribution in [3.8, 4) is 0 Å². The zero-order valence-corrected chi connectivity index (χ0v) is 39.0. The number of aliphatic hydroxyl groups excluding tert-OH is 4. The number of Topliss-reactive ketones (excluding diaryl/α,β-unsaturated/α-hetero) is 2. The smallest absolute Gasteiger partial charge is 0.465 e. The van der Waals surface area contributed by atoms with Crippen LogP contribution in [-0.4, -0.2) is 133 Å². The molecular weight excluding hydrogens is 883 g/mol. The summed E-state index contributed by atoms with van der Waals surface area (Å²) in [6.45, 7) is -1.85. The standard InChI is InChI=1S/C50H59BO13S2/c1-60-48(58)44-25-14-12-23-42(44)46(56)37-65(33-28-52,34-29-53)63-51(64-66(35-30-54,36-31-55)38-47(57)43-24-13-15-26-45(43)49(59)61-2)62-32-16-27-50(39-17-6-3-7-18-39,40-19-8-4-9-20-40)41-21-10-5-11-22-41/h3-15,17-26,52-55H,16,27-38H2,1-2H3. The van der Waals surface area contributed by atoms with Crippen LogP contribution in [0.15, 0.2) is 140 Å². The normalized spacial score (nSPS) is 12.3. The Labute approximate surface area is 390 Å². The van der Waals surface area contributed by atoms with Gasteiger partial charge >= 0.3 is 19.3 Å². The fourth-order valence-electron chi connectivity index (χ4n) is 8.10. The van der Waals surface area contributed by atoms with Crippen LogP contribution in [0.1, 0.15) is 71.0 Å². The van der Waals surface area contributed by atoms with Gasteiger partial charge in [0.25, 0.3) is 0 Å². The van der Waals surface area contributed by atoms with Gasteiger partial charge in [0.15, 0.2) is 11.6 Å². The van der Waals surface area contributed by atoms with E-state index >= 15 is 0 Å². The van der Waals surface area contributed by atoms with Gasteiger partial charge in [0.05, 0.1) is 63.3 Å².